The smallest absolute Gasteiger partial charge is 0.306 e. The summed E-state index contributed by atoms with van der Waals surface area (Å²) >= 11 is 0. The number of carbonyl (C=O) groups is 3. The Morgan fingerprint density at radius 3 is 0.870 bits per heavy atom. The lowest BCUT2D eigenvalue weighted by molar-refractivity contribution is -0.167. The van der Waals surface area contributed by atoms with Crippen LogP contribution >= 0.6 is 0 Å². The van der Waals surface area contributed by atoms with Gasteiger partial charge in [-0.3, -0.25) is 14.4 Å². The third kappa shape index (κ3) is 56.4. The van der Waals surface area contributed by atoms with Gasteiger partial charge in [0.25, 0.3) is 0 Å². The molecule has 0 saturated carbocycles. The summed E-state index contributed by atoms with van der Waals surface area (Å²) in [6.07, 6.45) is 70.0. The van der Waals surface area contributed by atoms with E-state index in [1.807, 2.05) is 0 Å². The number of allylic oxidation sites excluding steroid dienone is 6. The molecule has 69 heavy (non-hydrogen) atoms. The van der Waals surface area contributed by atoms with E-state index in [2.05, 4.69) is 57.2 Å². The Labute approximate surface area is 429 Å². The van der Waals surface area contributed by atoms with Gasteiger partial charge in [-0.25, -0.2) is 0 Å². The zero-order valence-corrected chi connectivity index (χ0v) is 46.3. The summed E-state index contributed by atoms with van der Waals surface area (Å²) in [7, 11) is 0. The Kier molecular flexibility index (Phi) is 56.2. The molecule has 0 fully saturated rings. The van der Waals surface area contributed by atoms with Gasteiger partial charge in [0, 0.05) is 19.3 Å². The molecule has 0 bridgehead atoms. The van der Waals surface area contributed by atoms with E-state index in [4.69, 9.17) is 14.2 Å². The van der Waals surface area contributed by atoms with Gasteiger partial charge in [0.15, 0.2) is 6.10 Å². The molecule has 0 aliphatic carbocycles. The fraction of sp³-hybridized carbons (Fsp3) is 0.857. The van der Waals surface area contributed by atoms with Crippen molar-refractivity contribution < 1.29 is 28.6 Å². The number of ether oxygens (including phenoxy) is 3. The fourth-order valence-corrected chi connectivity index (χ4v) is 9.05. The molecule has 0 amide bonds. The predicted octanol–water partition coefficient (Wildman–Crippen LogP) is 20.4. The SMILES string of the molecule is CCCCCCCC/C=C\C/C=C\C/C=C\CCCC(=O)OC[C@H](COC(=O)CCCCCCCCCCCCCCCCC)OC(=O)CCCCCCCCCCCCCCCCCCCCC. The molecule has 0 rings (SSSR count). The summed E-state index contributed by atoms with van der Waals surface area (Å²) in [5.41, 5.74) is 0. The first kappa shape index (κ1) is 66.6. The van der Waals surface area contributed by atoms with E-state index in [1.165, 1.54) is 225 Å². The van der Waals surface area contributed by atoms with Crippen LogP contribution in [0.5, 0.6) is 0 Å². The third-order valence-corrected chi connectivity index (χ3v) is 13.6. The van der Waals surface area contributed by atoms with Gasteiger partial charge < -0.3 is 14.2 Å². The maximum Gasteiger partial charge on any atom is 0.306 e. The molecule has 0 aromatic carbocycles. The summed E-state index contributed by atoms with van der Waals surface area (Å²) < 4.78 is 16.9. The predicted molar refractivity (Wildman–Crippen MR) is 298 cm³/mol. The number of unbranched alkanes of at least 4 members (excludes halogenated alkanes) is 39. The van der Waals surface area contributed by atoms with Crippen LogP contribution in [0.1, 0.15) is 329 Å². The van der Waals surface area contributed by atoms with Crippen molar-refractivity contribution in [3.05, 3.63) is 36.5 Å². The minimum Gasteiger partial charge on any atom is -0.462 e. The lowest BCUT2D eigenvalue weighted by atomic mass is 10.0. The van der Waals surface area contributed by atoms with E-state index in [-0.39, 0.29) is 31.1 Å². The molecule has 0 aliphatic rings. The number of rotatable bonds is 56. The first-order valence-electron chi connectivity index (χ1n) is 30.5. The lowest BCUT2D eigenvalue weighted by Crippen LogP contribution is -2.30. The highest BCUT2D eigenvalue weighted by Crippen LogP contribution is 2.17. The molecular weight excluding hydrogens is 853 g/mol. The molecular formula is C63H116O6. The van der Waals surface area contributed by atoms with E-state index in [9.17, 15) is 14.4 Å². The molecule has 0 unspecified atom stereocenters. The average molecular weight is 970 g/mol. The van der Waals surface area contributed by atoms with Crippen molar-refractivity contribution in [3.8, 4) is 0 Å². The molecule has 404 valence electrons. The van der Waals surface area contributed by atoms with Gasteiger partial charge in [0.2, 0.25) is 0 Å². The van der Waals surface area contributed by atoms with Crippen LogP contribution in [0.15, 0.2) is 36.5 Å². The van der Waals surface area contributed by atoms with E-state index >= 15 is 0 Å². The normalized spacial score (nSPS) is 12.2. The summed E-state index contributed by atoms with van der Waals surface area (Å²) in [5.74, 6) is -0.914. The number of hydrogen-bond donors (Lipinski definition) is 0. The molecule has 0 radical (unpaired) electrons. The quantitative estimate of drug-likeness (QED) is 0.0261. The van der Waals surface area contributed by atoms with Gasteiger partial charge in [0.1, 0.15) is 13.2 Å². The van der Waals surface area contributed by atoms with Gasteiger partial charge >= 0.3 is 17.9 Å². The summed E-state index contributed by atoms with van der Waals surface area (Å²) in [4.78, 5) is 38.2. The molecule has 1 atom stereocenters. The molecule has 0 aromatic heterocycles. The first-order valence-corrected chi connectivity index (χ1v) is 30.5. The molecule has 0 aliphatic heterocycles. The third-order valence-electron chi connectivity index (χ3n) is 13.6. The molecule has 0 spiro atoms. The van der Waals surface area contributed by atoms with Crippen LogP contribution in [0.3, 0.4) is 0 Å². The highest BCUT2D eigenvalue weighted by atomic mass is 16.6. The van der Waals surface area contributed by atoms with Crippen LogP contribution in [0.25, 0.3) is 0 Å². The van der Waals surface area contributed by atoms with Crippen LogP contribution in [0.2, 0.25) is 0 Å². The van der Waals surface area contributed by atoms with Crippen LogP contribution in [0, 0.1) is 0 Å². The monoisotopic (exact) mass is 969 g/mol. The second-order valence-electron chi connectivity index (χ2n) is 20.6. The second kappa shape index (κ2) is 58.2. The van der Waals surface area contributed by atoms with Crippen LogP contribution < -0.4 is 0 Å². The largest absolute Gasteiger partial charge is 0.462 e. The Morgan fingerprint density at radius 1 is 0.290 bits per heavy atom. The molecule has 0 heterocycles. The Bertz CT molecular complexity index is 1160. The average Bonchev–Trinajstić information content (AvgIpc) is 3.35. The van der Waals surface area contributed by atoms with Crippen LogP contribution in [-0.2, 0) is 28.6 Å². The molecule has 0 saturated heterocycles. The maximum atomic E-state index is 12.9. The van der Waals surface area contributed by atoms with Crippen LogP contribution in [0.4, 0.5) is 0 Å². The standard InChI is InChI=1S/C63H116O6/c1-4-7-10-13-16-19-22-25-28-30-31-33-36-39-42-45-48-51-54-57-63(66)69-60(58-67-61(64)55-52-49-46-43-40-37-34-27-24-21-18-15-12-9-6-3)59-68-62(65)56-53-50-47-44-41-38-35-32-29-26-23-20-17-14-11-8-5-2/h26,29,35,38,44,47,60H,4-25,27-28,30-34,36-37,39-43,45-46,48-59H2,1-3H3/b29-26-,38-35-,47-44-/t60-/m0/s1. The first-order chi connectivity index (χ1) is 34.0. The zero-order chi connectivity index (χ0) is 50.0. The van der Waals surface area contributed by atoms with Crippen molar-refractivity contribution in [1.82, 2.24) is 0 Å². The van der Waals surface area contributed by atoms with Crippen molar-refractivity contribution in [1.29, 1.82) is 0 Å². The number of esters is 3. The van der Waals surface area contributed by atoms with E-state index in [1.54, 1.807) is 0 Å². The van der Waals surface area contributed by atoms with Crippen molar-refractivity contribution in [2.24, 2.45) is 0 Å². The van der Waals surface area contributed by atoms with E-state index < -0.39 is 6.10 Å². The highest BCUT2D eigenvalue weighted by molar-refractivity contribution is 5.71. The Balaban J connectivity index is 4.38. The van der Waals surface area contributed by atoms with Gasteiger partial charge in [-0.2, -0.15) is 0 Å². The lowest BCUT2D eigenvalue weighted by Gasteiger charge is -2.18. The minimum atomic E-state index is -0.788. The topological polar surface area (TPSA) is 78.9 Å². The molecule has 0 aromatic rings. The fourth-order valence-electron chi connectivity index (χ4n) is 9.05. The highest BCUT2D eigenvalue weighted by Gasteiger charge is 2.19. The van der Waals surface area contributed by atoms with Gasteiger partial charge in [-0.1, -0.05) is 295 Å². The molecule has 0 N–H and O–H groups in total. The van der Waals surface area contributed by atoms with Gasteiger partial charge in [0.05, 0.1) is 0 Å². The van der Waals surface area contributed by atoms with Gasteiger partial charge in [-0.15, -0.1) is 0 Å². The minimum absolute atomic E-state index is 0.0824. The van der Waals surface area contributed by atoms with Gasteiger partial charge in [-0.05, 0) is 51.4 Å². The number of hydrogen-bond acceptors (Lipinski definition) is 6. The summed E-state index contributed by atoms with van der Waals surface area (Å²) in [6, 6.07) is 0. The molecule has 6 heteroatoms. The van der Waals surface area contributed by atoms with Crippen molar-refractivity contribution in [2.45, 2.75) is 335 Å². The zero-order valence-electron chi connectivity index (χ0n) is 46.3. The summed E-state index contributed by atoms with van der Waals surface area (Å²) in [5, 5.41) is 0. The van der Waals surface area contributed by atoms with E-state index in [0.29, 0.717) is 25.7 Å². The second-order valence-corrected chi connectivity index (χ2v) is 20.6. The van der Waals surface area contributed by atoms with Crippen molar-refractivity contribution in [2.75, 3.05) is 13.2 Å². The van der Waals surface area contributed by atoms with Crippen molar-refractivity contribution >= 4 is 17.9 Å². The van der Waals surface area contributed by atoms with Crippen molar-refractivity contribution in [3.63, 3.8) is 0 Å². The van der Waals surface area contributed by atoms with Crippen LogP contribution in [-0.4, -0.2) is 37.2 Å². The number of carbonyl (C=O) groups excluding carboxylic acids is 3. The Hall–Kier alpha value is -2.37. The van der Waals surface area contributed by atoms with E-state index in [0.717, 1.165) is 57.8 Å². The summed E-state index contributed by atoms with van der Waals surface area (Å²) in [6.45, 7) is 6.65. The molecule has 6 nitrogen and oxygen atoms in total. The Morgan fingerprint density at radius 2 is 0.536 bits per heavy atom. The maximum absolute atomic E-state index is 12.9.